The highest BCUT2D eigenvalue weighted by molar-refractivity contribution is 5.09. The molecule has 0 N–H and O–H groups in total. The largest absolute Gasteiger partial charge is 0.284 e. The Balaban J connectivity index is 2.59. The lowest BCUT2D eigenvalue weighted by molar-refractivity contribution is 0.418. The zero-order valence-electron chi connectivity index (χ0n) is 11.6. The minimum Gasteiger partial charge on any atom is -0.284 e. The maximum atomic E-state index is 3.15. The predicted molar refractivity (Wildman–Crippen MR) is 75.8 cm³/mol. The first-order valence-corrected chi connectivity index (χ1v) is 6.11. The van der Waals surface area contributed by atoms with Gasteiger partial charge in [0.05, 0.1) is 39.3 Å². The van der Waals surface area contributed by atoms with Crippen LogP contribution in [0.5, 0.6) is 0 Å². The van der Waals surface area contributed by atoms with Crippen molar-refractivity contribution < 1.29 is 0 Å². The third-order valence-electron chi connectivity index (χ3n) is 2.47. The molecule has 1 aliphatic rings. The van der Waals surface area contributed by atoms with E-state index in [-0.39, 0.29) is 0 Å². The zero-order valence-corrected chi connectivity index (χ0v) is 11.6. The van der Waals surface area contributed by atoms with Gasteiger partial charge in [0, 0.05) is 0 Å². The third-order valence-corrected chi connectivity index (χ3v) is 2.47. The predicted octanol–water partition coefficient (Wildman–Crippen LogP) is -0.194. The summed E-state index contributed by atoms with van der Waals surface area (Å²) >= 11 is 0. The minimum absolute atomic E-state index is 0.768. The van der Waals surface area contributed by atoms with Gasteiger partial charge in [0.15, 0.2) is 0 Å². The topological polar surface area (TPSA) is 9.72 Å². The number of nitrogens with zero attached hydrogens (tertiary/aromatic N) is 3. The summed E-state index contributed by atoms with van der Waals surface area (Å²) in [6, 6.07) is 0. The molecule has 0 atom stereocenters. The van der Waals surface area contributed by atoms with Gasteiger partial charge in [-0.1, -0.05) is 35.5 Å². The Morgan fingerprint density at radius 1 is 0.444 bits per heavy atom. The van der Waals surface area contributed by atoms with Gasteiger partial charge in [0.2, 0.25) is 0 Å². The van der Waals surface area contributed by atoms with Gasteiger partial charge in [-0.25, -0.2) is 0 Å². The molecule has 0 amide bonds. The number of hydrogen-bond donors (Lipinski definition) is 0. The van der Waals surface area contributed by atoms with Crippen LogP contribution in [0.3, 0.4) is 0 Å². The lowest BCUT2D eigenvalue weighted by Gasteiger charge is -2.09. The van der Waals surface area contributed by atoms with Crippen molar-refractivity contribution in [3.8, 4) is 35.5 Å². The van der Waals surface area contributed by atoms with Crippen LogP contribution in [0.15, 0.2) is 0 Å². The Bertz CT molecular complexity index is 325. The van der Waals surface area contributed by atoms with Crippen molar-refractivity contribution in [2.45, 2.75) is 0 Å². The van der Waals surface area contributed by atoms with Gasteiger partial charge in [-0.05, 0) is 21.1 Å². The molecule has 1 heterocycles. The van der Waals surface area contributed by atoms with Gasteiger partial charge in [-0.3, -0.25) is 14.7 Å². The molecule has 0 bridgehead atoms. The lowest BCUT2D eigenvalue weighted by Crippen LogP contribution is -2.20. The second-order valence-electron chi connectivity index (χ2n) is 4.58. The normalized spacial score (nSPS) is 20.2. The summed E-state index contributed by atoms with van der Waals surface area (Å²) in [4.78, 5) is 6.36. The Labute approximate surface area is 111 Å². The summed E-state index contributed by atoms with van der Waals surface area (Å²) in [7, 11) is 6.12. The fourth-order valence-corrected chi connectivity index (χ4v) is 1.31. The molecule has 1 rings (SSSR count). The first-order chi connectivity index (χ1) is 8.68. The molecular weight excluding hydrogens is 222 g/mol. The van der Waals surface area contributed by atoms with Gasteiger partial charge < -0.3 is 0 Å². The highest BCUT2D eigenvalue weighted by Crippen LogP contribution is 1.83. The van der Waals surface area contributed by atoms with Gasteiger partial charge in [-0.15, -0.1) is 0 Å². The maximum absolute atomic E-state index is 3.15. The summed E-state index contributed by atoms with van der Waals surface area (Å²) in [6.07, 6.45) is 0. The fourth-order valence-electron chi connectivity index (χ4n) is 1.31. The molecule has 0 saturated carbocycles. The minimum atomic E-state index is 0.768. The van der Waals surface area contributed by atoms with E-state index in [1.54, 1.807) is 0 Å². The Morgan fingerprint density at radius 2 is 0.611 bits per heavy atom. The van der Waals surface area contributed by atoms with Crippen molar-refractivity contribution in [1.29, 1.82) is 0 Å². The number of rotatable bonds is 0. The Kier molecular flexibility index (Phi) is 7.00. The van der Waals surface area contributed by atoms with Crippen LogP contribution in [-0.4, -0.2) is 75.1 Å². The number of hydrogen-bond acceptors (Lipinski definition) is 3. The van der Waals surface area contributed by atoms with Crippen LogP contribution >= 0.6 is 0 Å². The molecule has 0 radical (unpaired) electrons. The van der Waals surface area contributed by atoms with Crippen molar-refractivity contribution in [2.24, 2.45) is 0 Å². The van der Waals surface area contributed by atoms with E-state index < -0.39 is 0 Å². The summed E-state index contributed by atoms with van der Waals surface area (Å²) in [5, 5.41) is 0. The molecule has 3 heteroatoms. The molecule has 0 saturated heterocycles. The molecule has 0 aromatic heterocycles. The van der Waals surface area contributed by atoms with Gasteiger partial charge >= 0.3 is 0 Å². The highest BCUT2D eigenvalue weighted by atomic mass is 15.1. The van der Waals surface area contributed by atoms with Crippen molar-refractivity contribution in [3.63, 3.8) is 0 Å². The first kappa shape index (κ1) is 14.6. The quantitative estimate of drug-likeness (QED) is 0.546. The van der Waals surface area contributed by atoms with E-state index in [2.05, 4.69) is 50.2 Å². The van der Waals surface area contributed by atoms with Crippen LogP contribution in [0.2, 0.25) is 0 Å². The second kappa shape index (κ2) is 8.62. The van der Waals surface area contributed by atoms with Crippen LogP contribution in [-0.2, 0) is 0 Å². The van der Waals surface area contributed by atoms with Gasteiger partial charge in [0.1, 0.15) is 0 Å². The SMILES string of the molecule is CN1CC#CCN(C)CC#CCN(C)CC#CC1. The molecular formula is C15H21N3. The van der Waals surface area contributed by atoms with Crippen molar-refractivity contribution >= 4 is 0 Å². The van der Waals surface area contributed by atoms with E-state index in [4.69, 9.17) is 0 Å². The second-order valence-corrected chi connectivity index (χ2v) is 4.58. The van der Waals surface area contributed by atoms with Gasteiger partial charge in [0.25, 0.3) is 0 Å². The monoisotopic (exact) mass is 243 g/mol. The molecule has 0 aromatic rings. The third kappa shape index (κ3) is 7.00. The summed E-state index contributed by atoms with van der Waals surface area (Å²) in [5.41, 5.74) is 0. The van der Waals surface area contributed by atoms with Crippen molar-refractivity contribution in [2.75, 3.05) is 60.4 Å². The lowest BCUT2D eigenvalue weighted by atomic mass is 10.4. The fraction of sp³-hybridized carbons (Fsp3) is 0.600. The smallest absolute Gasteiger partial charge is 0.0607 e. The summed E-state index contributed by atoms with van der Waals surface area (Å²) < 4.78 is 0. The maximum Gasteiger partial charge on any atom is 0.0607 e. The molecule has 0 aliphatic carbocycles. The average Bonchev–Trinajstić information content (AvgIpc) is 2.35. The van der Waals surface area contributed by atoms with Crippen LogP contribution in [0, 0.1) is 35.5 Å². The molecule has 18 heavy (non-hydrogen) atoms. The van der Waals surface area contributed by atoms with Crippen LogP contribution < -0.4 is 0 Å². The molecule has 0 spiro atoms. The molecule has 96 valence electrons. The summed E-state index contributed by atoms with van der Waals surface area (Å²) in [6.45, 7) is 4.61. The van der Waals surface area contributed by atoms with Gasteiger partial charge in [-0.2, -0.15) is 0 Å². The van der Waals surface area contributed by atoms with E-state index in [9.17, 15) is 0 Å². The average molecular weight is 243 g/mol. The highest BCUT2D eigenvalue weighted by Gasteiger charge is 1.95. The molecule has 0 unspecified atom stereocenters. The van der Waals surface area contributed by atoms with E-state index in [1.165, 1.54) is 0 Å². The zero-order chi connectivity index (χ0) is 13.2. The van der Waals surface area contributed by atoms with E-state index in [1.807, 2.05) is 21.1 Å². The standard InChI is InChI=1S/C15H21N3/c1-16-10-4-6-12-17(2)14-8-9-15-18(3)13-7-5-11-16/h10-15H2,1-3H3. The van der Waals surface area contributed by atoms with Crippen LogP contribution in [0.1, 0.15) is 0 Å². The van der Waals surface area contributed by atoms with Crippen LogP contribution in [0.4, 0.5) is 0 Å². The Morgan fingerprint density at radius 3 is 0.778 bits per heavy atom. The molecule has 0 fully saturated rings. The van der Waals surface area contributed by atoms with E-state index in [0.717, 1.165) is 39.3 Å². The molecule has 1 aliphatic heterocycles. The Hall–Kier alpha value is -1.44. The van der Waals surface area contributed by atoms with E-state index in [0.29, 0.717) is 0 Å². The first-order valence-electron chi connectivity index (χ1n) is 6.11. The van der Waals surface area contributed by atoms with E-state index >= 15 is 0 Å². The molecule has 3 nitrogen and oxygen atoms in total. The van der Waals surface area contributed by atoms with Crippen molar-refractivity contribution in [1.82, 2.24) is 14.7 Å². The summed E-state index contributed by atoms with van der Waals surface area (Å²) in [5.74, 6) is 18.9. The van der Waals surface area contributed by atoms with Crippen molar-refractivity contribution in [3.05, 3.63) is 0 Å². The molecule has 0 aromatic carbocycles. The van der Waals surface area contributed by atoms with Crippen LogP contribution in [0.25, 0.3) is 0 Å².